The smallest absolute Gasteiger partial charge is 0.275 e. The van der Waals surface area contributed by atoms with Crippen LogP contribution in [-0.4, -0.2) is 21.5 Å². The standard InChI is InChI=1S/C26H24FN5O2/c1-2-32-15-23(26(34)31-30-19-9-7-18(27)8-10-19)24(33)22-13-21(14-28-25(22)32)29-20-11-16-5-3-4-6-17(16)12-20/h3-10,13-15,20,29-30H,2,11-12H2,1H3,(H,31,34). The molecule has 172 valence electrons. The molecule has 3 N–H and O–H groups in total. The zero-order valence-corrected chi connectivity index (χ0v) is 18.6. The molecule has 0 aliphatic heterocycles. The molecule has 1 amide bonds. The Balaban J connectivity index is 1.40. The highest BCUT2D eigenvalue weighted by Crippen LogP contribution is 2.25. The summed E-state index contributed by atoms with van der Waals surface area (Å²) in [5, 5.41) is 3.86. The number of hydrazine groups is 1. The van der Waals surface area contributed by atoms with Crippen molar-refractivity contribution in [3.8, 4) is 0 Å². The molecule has 7 nitrogen and oxygen atoms in total. The number of nitrogens with one attached hydrogen (secondary N) is 3. The zero-order valence-electron chi connectivity index (χ0n) is 18.6. The second kappa shape index (κ2) is 8.97. The quantitative estimate of drug-likeness (QED) is 0.383. The highest BCUT2D eigenvalue weighted by Gasteiger charge is 2.22. The number of aryl methyl sites for hydroxylation is 1. The Morgan fingerprint density at radius 2 is 1.79 bits per heavy atom. The van der Waals surface area contributed by atoms with Crippen LogP contribution >= 0.6 is 0 Å². The number of carbonyl (C=O) groups excluding carboxylic acids is 1. The first-order valence-corrected chi connectivity index (χ1v) is 11.2. The molecule has 0 saturated carbocycles. The predicted octanol–water partition coefficient (Wildman–Crippen LogP) is 3.89. The normalized spacial score (nSPS) is 13.0. The number of benzene rings is 2. The van der Waals surface area contributed by atoms with Crippen LogP contribution in [0.5, 0.6) is 0 Å². The maximum Gasteiger partial charge on any atom is 0.275 e. The van der Waals surface area contributed by atoms with Crippen LogP contribution < -0.4 is 21.6 Å². The molecule has 0 fully saturated rings. The van der Waals surface area contributed by atoms with Gasteiger partial charge in [-0.05, 0) is 61.2 Å². The Kier molecular flexibility index (Phi) is 5.71. The number of hydrogen-bond donors (Lipinski definition) is 3. The molecular weight excluding hydrogens is 433 g/mol. The minimum absolute atomic E-state index is 0.00353. The van der Waals surface area contributed by atoms with Crippen molar-refractivity contribution < 1.29 is 9.18 Å². The lowest BCUT2D eigenvalue weighted by Gasteiger charge is -2.16. The Bertz CT molecular complexity index is 1410. The lowest BCUT2D eigenvalue weighted by Crippen LogP contribution is -2.34. The minimum Gasteiger partial charge on any atom is -0.380 e. The summed E-state index contributed by atoms with van der Waals surface area (Å²) in [6.07, 6.45) is 5.06. The molecule has 2 heterocycles. The van der Waals surface area contributed by atoms with Crippen LogP contribution in [-0.2, 0) is 19.4 Å². The molecule has 2 aromatic heterocycles. The van der Waals surface area contributed by atoms with Crippen LogP contribution in [0.3, 0.4) is 0 Å². The van der Waals surface area contributed by atoms with Crippen molar-refractivity contribution in [2.24, 2.45) is 0 Å². The first kappa shape index (κ1) is 21.6. The van der Waals surface area contributed by atoms with Gasteiger partial charge in [-0.2, -0.15) is 0 Å². The topological polar surface area (TPSA) is 88.0 Å². The van der Waals surface area contributed by atoms with E-state index < -0.39 is 11.3 Å². The first-order chi connectivity index (χ1) is 16.5. The Labute approximate surface area is 195 Å². The van der Waals surface area contributed by atoms with Gasteiger partial charge < -0.3 is 9.88 Å². The summed E-state index contributed by atoms with van der Waals surface area (Å²) < 4.78 is 14.9. The minimum atomic E-state index is -0.581. The number of pyridine rings is 2. The van der Waals surface area contributed by atoms with E-state index in [1.54, 1.807) is 16.8 Å². The summed E-state index contributed by atoms with van der Waals surface area (Å²) in [5.74, 6) is -0.960. The highest BCUT2D eigenvalue weighted by atomic mass is 19.1. The summed E-state index contributed by atoms with van der Waals surface area (Å²) >= 11 is 0. The molecule has 0 radical (unpaired) electrons. The molecule has 34 heavy (non-hydrogen) atoms. The van der Waals surface area contributed by atoms with Crippen LogP contribution in [0.4, 0.5) is 15.8 Å². The maximum atomic E-state index is 13.2. The molecular formula is C26H24FN5O2. The second-order valence-electron chi connectivity index (χ2n) is 8.36. The molecule has 4 aromatic rings. The number of anilines is 2. The van der Waals surface area contributed by atoms with Gasteiger partial charge >= 0.3 is 0 Å². The molecule has 0 atom stereocenters. The molecule has 8 heteroatoms. The van der Waals surface area contributed by atoms with E-state index in [-0.39, 0.29) is 17.4 Å². The summed E-state index contributed by atoms with van der Waals surface area (Å²) in [5.41, 5.74) is 9.24. The lowest BCUT2D eigenvalue weighted by molar-refractivity contribution is 0.0961. The van der Waals surface area contributed by atoms with Gasteiger partial charge in [0.05, 0.1) is 23.0 Å². The molecule has 1 aliphatic carbocycles. The van der Waals surface area contributed by atoms with Crippen LogP contribution in [0, 0.1) is 5.82 Å². The first-order valence-electron chi connectivity index (χ1n) is 11.2. The number of nitrogens with zero attached hydrogens (tertiary/aromatic N) is 2. The molecule has 0 saturated heterocycles. The second-order valence-corrected chi connectivity index (χ2v) is 8.36. The molecule has 2 aromatic carbocycles. The van der Waals surface area contributed by atoms with Gasteiger partial charge in [-0.3, -0.25) is 20.4 Å². The summed E-state index contributed by atoms with van der Waals surface area (Å²) in [6.45, 7) is 2.46. The Morgan fingerprint density at radius 3 is 2.47 bits per heavy atom. The Hall–Kier alpha value is -4.20. The van der Waals surface area contributed by atoms with Crippen molar-refractivity contribution in [1.29, 1.82) is 0 Å². The molecule has 0 unspecified atom stereocenters. The summed E-state index contributed by atoms with van der Waals surface area (Å²) in [6, 6.07) is 15.9. The van der Waals surface area contributed by atoms with Gasteiger partial charge in [-0.15, -0.1) is 0 Å². The number of amides is 1. The van der Waals surface area contributed by atoms with Crippen LogP contribution in [0.2, 0.25) is 0 Å². The van der Waals surface area contributed by atoms with E-state index >= 15 is 0 Å². The van der Waals surface area contributed by atoms with Gasteiger partial charge in [0.15, 0.2) is 0 Å². The van der Waals surface area contributed by atoms with Crippen molar-refractivity contribution >= 4 is 28.3 Å². The predicted molar refractivity (Wildman–Crippen MR) is 130 cm³/mol. The van der Waals surface area contributed by atoms with Gasteiger partial charge in [-0.25, -0.2) is 9.37 Å². The van der Waals surface area contributed by atoms with Gasteiger partial charge in [-0.1, -0.05) is 24.3 Å². The third-order valence-electron chi connectivity index (χ3n) is 6.08. The fourth-order valence-electron chi connectivity index (χ4n) is 4.38. The molecule has 5 rings (SSSR count). The third kappa shape index (κ3) is 4.22. The van der Waals surface area contributed by atoms with Gasteiger partial charge in [0.25, 0.3) is 5.91 Å². The number of halogens is 1. The third-order valence-corrected chi connectivity index (χ3v) is 6.08. The van der Waals surface area contributed by atoms with E-state index in [1.807, 2.05) is 19.1 Å². The van der Waals surface area contributed by atoms with Crippen LogP contribution in [0.1, 0.15) is 28.4 Å². The molecule has 1 aliphatic rings. The zero-order chi connectivity index (χ0) is 23.7. The number of rotatable bonds is 6. The molecule has 0 bridgehead atoms. The average Bonchev–Trinajstić information content (AvgIpc) is 3.26. The number of carbonyl (C=O) groups is 1. The largest absolute Gasteiger partial charge is 0.380 e. The van der Waals surface area contributed by atoms with Crippen molar-refractivity contribution in [1.82, 2.24) is 15.0 Å². The van der Waals surface area contributed by atoms with Gasteiger partial charge in [0, 0.05) is 18.8 Å². The van der Waals surface area contributed by atoms with E-state index in [1.165, 1.54) is 41.6 Å². The van der Waals surface area contributed by atoms with E-state index in [0.29, 0.717) is 23.3 Å². The van der Waals surface area contributed by atoms with Crippen molar-refractivity contribution in [2.45, 2.75) is 32.4 Å². The van der Waals surface area contributed by atoms with Gasteiger partial charge in [0.2, 0.25) is 5.43 Å². The maximum absolute atomic E-state index is 13.2. The van der Waals surface area contributed by atoms with E-state index in [9.17, 15) is 14.0 Å². The lowest BCUT2D eigenvalue weighted by atomic mass is 10.1. The number of hydrogen-bond acceptors (Lipinski definition) is 5. The fourth-order valence-corrected chi connectivity index (χ4v) is 4.38. The van der Waals surface area contributed by atoms with Crippen molar-refractivity contribution in [3.05, 3.63) is 99.7 Å². The Morgan fingerprint density at radius 1 is 1.09 bits per heavy atom. The average molecular weight is 458 g/mol. The van der Waals surface area contributed by atoms with Gasteiger partial charge in [0.1, 0.15) is 17.0 Å². The number of aromatic nitrogens is 2. The van der Waals surface area contributed by atoms with Crippen molar-refractivity contribution in [2.75, 3.05) is 10.7 Å². The number of fused-ring (bicyclic) bond motifs is 2. The van der Waals surface area contributed by atoms with E-state index in [0.717, 1.165) is 18.5 Å². The monoisotopic (exact) mass is 457 g/mol. The van der Waals surface area contributed by atoms with Crippen LogP contribution in [0.15, 0.2) is 71.8 Å². The highest BCUT2D eigenvalue weighted by molar-refractivity contribution is 5.97. The van der Waals surface area contributed by atoms with E-state index in [2.05, 4.69) is 33.3 Å². The molecule has 0 spiro atoms. The SMILES string of the molecule is CCn1cc(C(=O)NNc2ccc(F)cc2)c(=O)c2cc(NC3Cc4ccccc4C3)cnc21. The van der Waals surface area contributed by atoms with E-state index in [4.69, 9.17) is 0 Å². The van der Waals surface area contributed by atoms with Crippen molar-refractivity contribution in [3.63, 3.8) is 0 Å². The fraction of sp³-hybridized carbons (Fsp3) is 0.192. The van der Waals surface area contributed by atoms with Crippen LogP contribution in [0.25, 0.3) is 11.0 Å². The summed E-state index contributed by atoms with van der Waals surface area (Å²) in [4.78, 5) is 30.6. The summed E-state index contributed by atoms with van der Waals surface area (Å²) in [7, 11) is 0.